The van der Waals surface area contributed by atoms with Crippen molar-refractivity contribution < 1.29 is 9.53 Å². The quantitative estimate of drug-likeness (QED) is 0.606. The number of ether oxygens (including phenoxy) is 1. The normalized spacial score (nSPS) is 11.1. The predicted octanol–water partition coefficient (Wildman–Crippen LogP) is 5.23. The second-order valence-electron chi connectivity index (χ2n) is 6.92. The molecule has 3 aromatic rings. The minimum atomic E-state index is -0.205. The Morgan fingerprint density at radius 2 is 1.96 bits per heavy atom. The molecule has 2 aromatic heterocycles. The maximum absolute atomic E-state index is 12.9. The number of imidazole rings is 1. The number of fused-ring (bicyclic) bond motifs is 1. The molecule has 0 radical (unpaired) electrons. The van der Waals surface area contributed by atoms with E-state index in [0.29, 0.717) is 34.6 Å². The number of nitrogens with zero attached hydrogens (tertiary/aromatic N) is 2. The first kappa shape index (κ1) is 19.2. The molecular weight excluding hydrogens is 362 g/mol. The lowest BCUT2D eigenvalue weighted by molar-refractivity contribution is 0.102. The average Bonchev–Trinajstić information content (AvgIpc) is 2.98. The van der Waals surface area contributed by atoms with Crippen molar-refractivity contribution in [1.29, 1.82) is 0 Å². The highest BCUT2D eigenvalue weighted by Gasteiger charge is 2.19. The number of carbonyl (C=O) groups is 1. The lowest BCUT2D eigenvalue weighted by atomic mass is 10.2. The molecule has 27 heavy (non-hydrogen) atoms. The monoisotopic (exact) mass is 385 g/mol. The SMILES string of the molecule is CCCc1nc2ccc(Cl)cn2c1C(=O)Nc1ccc(OCC(C)C)cc1. The van der Waals surface area contributed by atoms with Gasteiger partial charge in [-0.2, -0.15) is 0 Å². The highest BCUT2D eigenvalue weighted by molar-refractivity contribution is 6.30. The van der Waals surface area contributed by atoms with E-state index in [9.17, 15) is 4.79 Å². The van der Waals surface area contributed by atoms with E-state index in [0.717, 1.165) is 24.3 Å². The summed E-state index contributed by atoms with van der Waals surface area (Å²) >= 11 is 6.12. The molecule has 0 fully saturated rings. The summed E-state index contributed by atoms with van der Waals surface area (Å²) in [6.45, 7) is 6.93. The van der Waals surface area contributed by atoms with E-state index in [2.05, 4.69) is 31.1 Å². The number of nitrogens with one attached hydrogen (secondary N) is 1. The number of rotatable bonds is 7. The molecule has 1 aromatic carbocycles. The Bertz CT molecular complexity index is 932. The first-order valence-corrected chi connectivity index (χ1v) is 9.56. The molecule has 0 aliphatic rings. The Morgan fingerprint density at radius 1 is 1.22 bits per heavy atom. The van der Waals surface area contributed by atoms with Crippen LogP contribution in [0.2, 0.25) is 5.02 Å². The van der Waals surface area contributed by atoms with Gasteiger partial charge in [0.25, 0.3) is 5.91 Å². The highest BCUT2D eigenvalue weighted by atomic mass is 35.5. The fraction of sp³-hybridized carbons (Fsp3) is 0.333. The number of aryl methyl sites for hydroxylation is 1. The van der Waals surface area contributed by atoms with Crippen LogP contribution in [0.1, 0.15) is 43.4 Å². The number of carbonyl (C=O) groups excluding carboxylic acids is 1. The Morgan fingerprint density at radius 3 is 2.63 bits per heavy atom. The Kier molecular flexibility index (Phi) is 6.01. The molecule has 0 atom stereocenters. The molecule has 0 aliphatic heterocycles. The first-order valence-electron chi connectivity index (χ1n) is 9.18. The van der Waals surface area contributed by atoms with Crippen LogP contribution in [0.3, 0.4) is 0 Å². The van der Waals surface area contributed by atoms with E-state index in [1.54, 1.807) is 16.7 Å². The number of hydrogen-bond donors (Lipinski definition) is 1. The van der Waals surface area contributed by atoms with Crippen molar-refractivity contribution in [2.75, 3.05) is 11.9 Å². The predicted molar refractivity (Wildman–Crippen MR) is 109 cm³/mol. The molecule has 0 bridgehead atoms. The van der Waals surface area contributed by atoms with Crippen LogP contribution in [0.5, 0.6) is 5.75 Å². The molecular formula is C21H24ClN3O2. The van der Waals surface area contributed by atoms with Crippen molar-refractivity contribution in [2.24, 2.45) is 5.92 Å². The Labute approximate surface area is 164 Å². The minimum absolute atomic E-state index is 0.205. The van der Waals surface area contributed by atoms with Gasteiger partial charge in [0.2, 0.25) is 0 Å². The van der Waals surface area contributed by atoms with Gasteiger partial charge in [-0.05, 0) is 48.7 Å². The molecule has 142 valence electrons. The Hall–Kier alpha value is -2.53. The molecule has 3 rings (SSSR count). The van der Waals surface area contributed by atoms with Gasteiger partial charge in [-0.15, -0.1) is 0 Å². The number of benzene rings is 1. The summed E-state index contributed by atoms with van der Waals surface area (Å²) in [6, 6.07) is 11.0. The molecule has 2 heterocycles. The molecule has 1 N–H and O–H groups in total. The minimum Gasteiger partial charge on any atom is -0.493 e. The third-order valence-corrected chi connectivity index (χ3v) is 4.28. The van der Waals surface area contributed by atoms with Crippen molar-refractivity contribution in [2.45, 2.75) is 33.6 Å². The zero-order valence-electron chi connectivity index (χ0n) is 15.8. The molecule has 5 nitrogen and oxygen atoms in total. The van der Waals surface area contributed by atoms with Crippen LogP contribution in [0.4, 0.5) is 5.69 Å². The summed E-state index contributed by atoms with van der Waals surface area (Å²) in [6.07, 6.45) is 3.35. The van der Waals surface area contributed by atoms with Gasteiger partial charge in [-0.3, -0.25) is 9.20 Å². The van der Waals surface area contributed by atoms with Gasteiger partial charge in [0.15, 0.2) is 0 Å². The van der Waals surface area contributed by atoms with E-state index < -0.39 is 0 Å². The number of aromatic nitrogens is 2. The topological polar surface area (TPSA) is 55.6 Å². The lowest BCUT2D eigenvalue weighted by Crippen LogP contribution is -2.16. The van der Waals surface area contributed by atoms with Gasteiger partial charge < -0.3 is 10.1 Å². The van der Waals surface area contributed by atoms with Crippen molar-refractivity contribution in [3.63, 3.8) is 0 Å². The average molecular weight is 386 g/mol. The zero-order chi connectivity index (χ0) is 19.4. The second kappa shape index (κ2) is 8.44. The van der Waals surface area contributed by atoms with E-state index in [-0.39, 0.29) is 5.91 Å². The fourth-order valence-corrected chi connectivity index (χ4v) is 2.97. The van der Waals surface area contributed by atoms with Gasteiger partial charge in [0.1, 0.15) is 17.1 Å². The summed E-state index contributed by atoms with van der Waals surface area (Å²) in [7, 11) is 0. The summed E-state index contributed by atoms with van der Waals surface area (Å²) in [5, 5.41) is 3.51. The maximum Gasteiger partial charge on any atom is 0.274 e. The van der Waals surface area contributed by atoms with Gasteiger partial charge in [0, 0.05) is 11.9 Å². The van der Waals surface area contributed by atoms with Crippen molar-refractivity contribution in [1.82, 2.24) is 9.38 Å². The smallest absolute Gasteiger partial charge is 0.274 e. The number of pyridine rings is 1. The number of amides is 1. The molecule has 0 saturated heterocycles. The molecule has 1 amide bonds. The third kappa shape index (κ3) is 4.61. The van der Waals surface area contributed by atoms with Crippen molar-refractivity contribution in [3.05, 3.63) is 59.0 Å². The molecule has 0 unspecified atom stereocenters. The maximum atomic E-state index is 12.9. The molecule has 0 spiro atoms. The van der Waals surface area contributed by atoms with E-state index >= 15 is 0 Å². The highest BCUT2D eigenvalue weighted by Crippen LogP contribution is 2.21. The largest absolute Gasteiger partial charge is 0.493 e. The summed E-state index contributed by atoms with van der Waals surface area (Å²) < 4.78 is 7.43. The van der Waals surface area contributed by atoms with Crippen molar-refractivity contribution >= 4 is 28.8 Å². The van der Waals surface area contributed by atoms with Gasteiger partial charge >= 0.3 is 0 Å². The van der Waals surface area contributed by atoms with E-state index in [4.69, 9.17) is 16.3 Å². The zero-order valence-corrected chi connectivity index (χ0v) is 16.6. The number of halogens is 1. The number of hydrogen-bond acceptors (Lipinski definition) is 3. The van der Waals surface area contributed by atoms with Gasteiger partial charge in [-0.1, -0.05) is 38.8 Å². The summed E-state index contributed by atoms with van der Waals surface area (Å²) in [4.78, 5) is 17.5. The molecule has 0 saturated carbocycles. The van der Waals surface area contributed by atoms with Crippen LogP contribution in [-0.4, -0.2) is 21.9 Å². The standard InChI is InChI=1S/C21H24ClN3O2/c1-4-5-18-20(25-12-15(22)6-11-19(25)24-18)21(26)23-16-7-9-17(10-8-16)27-13-14(2)3/h6-12,14H,4-5,13H2,1-3H3,(H,23,26). The van der Waals surface area contributed by atoms with E-state index in [1.165, 1.54) is 0 Å². The molecule has 0 aliphatic carbocycles. The first-order chi connectivity index (χ1) is 13.0. The van der Waals surface area contributed by atoms with Crippen molar-refractivity contribution in [3.8, 4) is 5.75 Å². The van der Waals surface area contributed by atoms with Crippen LogP contribution in [0.15, 0.2) is 42.6 Å². The third-order valence-electron chi connectivity index (χ3n) is 4.05. The van der Waals surface area contributed by atoms with Crippen LogP contribution in [0.25, 0.3) is 5.65 Å². The fourth-order valence-electron chi connectivity index (χ4n) is 2.81. The summed E-state index contributed by atoms with van der Waals surface area (Å²) in [5.41, 5.74) is 2.71. The van der Waals surface area contributed by atoms with Crippen LogP contribution < -0.4 is 10.1 Å². The number of anilines is 1. The van der Waals surface area contributed by atoms with Crippen LogP contribution >= 0.6 is 11.6 Å². The molecule has 6 heteroatoms. The van der Waals surface area contributed by atoms with Gasteiger partial charge in [-0.25, -0.2) is 4.98 Å². The van der Waals surface area contributed by atoms with E-state index in [1.807, 2.05) is 30.3 Å². The lowest BCUT2D eigenvalue weighted by Gasteiger charge is -2.10. The Balaban J connectivity index is 1.83. The summed E-state index contributed by atoms with van der Waals surface area (Å²) in [5.74, 6) is 1.04. The van der Waals surface area contributed by atoms with Crippen LogP contribution in [-0.2, 0) is 6.42 Å². The second-order valence-corrected chi connectivity index (χ2v) is 7.35. The van der Waals surface area contributed by atoms with Gasteiger partial charge in [0.05, 0.1) is 17.3 Å². The van der Waals surface area contributed by atoms with Crippen LogP contribution in [0, 0.1) is 5.92 Å².